The van der Waals surface area contributed by atoms with Gasteiger partial charge in [0.1, 0.15) is 5.69 Å². The maximum absolute atomic E-state index is 13.8. The van der Waals surface area contributed by atoms with E-state index in [1.54, 1.807) is 0 Å². The van der Waals surface area contributed by atoms with Crippen LogP contribution in [0.4, 0.5) is 24.5 Å². The summed E-state index contributed by atoms with van der Waals surface area (Å²) in [6.45, 7) is 12.1. The van der Waals surface area contributed by atoms with Gasteiger partial charge in [0.2, 0.25) is 0 Å². The normalized spacial score (nSPS) is 17.4. The molecular weight excluding hydrogens is 633 g/mol. The molecule has 2 saturated heterocycles. The van der Waals surface area contributed by atoms with Crippen molar-refractivity contribution in [3.63, 3.8) is 0 Å². The van der Waals surface area contributed by atoms with E-state index in [1.165, 1.54) is 16.8 Å². The molecule has 0 unspecified atom stereocenters. The highest BCUT2D eigenvalue weighted by Gasteiger charge is 2.38. The summed E-state index contributed by atoms with van der Waals surface area (Å²) in [5, 5.41) is 7.93. The van der Waals surface area contributed by atoms with Crippen molar-refractivity contribution < 1.29 is 27.9 Å². The van der Waals surface area contributed by atoms with E-state index in [-0.39, 0.29) is 11.9 Å². The van der Waals surface area contributed by atoms with Crippen molar-refractivity contribution in [1.82, 2.24) is 14.4 Å². The smallest absolute Gasteiger partial charge is 0.475 e. The number of para-hydroxylation sites is 1. The second-order valence-corrected chi connectivity index (χ2v) is 12.5. The summed E-state index contributed by atoms with van der Waals surface area (Å²) in [5.74, 6) is -2.63. The molecule has 1 atom stereocenters. The highest BCUT2D eigenvalue weighted by molar-refractivity contribution is 6.33. The molecule has 0 bridgehead atoms. The quantitative estimate of drug-likeness (QED) is 0.339. The van der Waals surface area contributed by atoms with E-state index in [0.29, 0.717) is 6.54 Å². The number of amides is 1. The van der Waals surface area contributed by atoms with Crippen molar-refractivity contribution in [2.75, 3.05) is 62.2 Å². The van der Waals surface area contributed by atoms with E-state index in [9.17, 15) is 18.0 Å². The summed E-state index contributed by atoms with van der Waals surface area (Å²) in [6, 6.07) is 19.1. The van der Waals surface area contributed by atoms with Crippen LogP contribution in [0.15, 0.2) is 54.6 Å². The minimum absolute atomic E-state index is 0.129. The van der Waals surface area contributed by atoms with Crippen LogP contribution in [0.5, 0.6) is 0 Å². The number of hydrogen-bond donors (Lipinski definition) is 2. The Morgan fingerprint density at radius 3 is 2.26 bits per heavy atom. The van der Waals surface area contributed by atoms with Gasteiger partial charge in [0, 0.05) is 76.8 Å². The van der Waals surface area contributed by atoms with Crippen molar-refractivity contribution in [1.29, 1.82) is 0 Å². The number of halogens is 4. The topological polar surface area (TPSA) is 98.3 Å². The Labute approximate surface area is 279 Å². The van der Waals surface area contributed by atoms with Crippen molar-refractivity contribution in [3.05, 3.63) is 82.1 Å². The van der Waals surface area contributed by atoms with E-state index in [2.05, 4.69) is 74.4 Å². The van der Waals surface area contributed by atoms with E-state index >= 15 is 0 Å². The molecule has 13 heteroatoms. The molecule has 2 fully saturated rings. The van der Waals surface area contributed by atoms with E-state index in [1.807, 2.05) is 25.2 Å². The second kappa shape index (κ2) is 15.9. The van der Waals surface area contributed by atoms with Gasteiger partial charge in [0.05, 0.1) is 10.7 Å². The van der Waals surface area contributed by atoms with Gasteiger partial charge in [-0.1, -0.05) is 35.9 Å². The van der Waals surface area contributed by atoms with Gasteiger partial charge in [-0.3, -0.25) is 9.69 Å². The lowest BCUT2D eigenvalue weighted by atomic mass is 10.1. The summed E-state index contributed by atoms with van der Waals surface area (Å²) in [7, 11) is 2.02. The number of aliphatic carboxylic acids is 1. The van der Waals surface area contributed by atoms with Gasteiger partial charge >= 0.3 is 12.1 Å². The average molecular weight is 677 g/mol. The number of carboxylic acid groups (broad SMARTS) is 1. The fraction of sp³-hybridized carbons (Fsp3) is 0.471. The second-order valence-electron chi connectivity index (χ2n) is 12.1. The molecule has 2 aliphatic heterocycles. The molecule has 3 heterocycles. The Bertz CT molecular complexity index is 1520. The number of piperazine rings is 2. The highest BCUT2D eigenvalue weighted by atomic mass is 35.5. The molecule has 0 radical (unpaired) electrons. The number of carbonyl (C=O) groups excluding carboxylic acids is 1. The first-order valence-electron chi connectivity index (χ1n) is 15.8. The molecule has 0 spiro atoms. The zero-order chi connectivity index (χ0) is 34.3. The number of rotatable bonds is 8. The Balaban J connectivity index is 0.000000644. The number of hydrogen-bond acceptors (Lipinski definition) is 6. The van der Waals surface area contributed by atoms with Crippen LogP contribution in [0, 0.1) is 6.92 Å². The first-order chi connectivity index (χ1) is 22.3. The molecular formula is C34H44ClF3N6O3. The monoisotopic (exact) mass is 676 g/mol. The molecule has 47 heavy (non-hydrogen) atoms. The number of alkyl halides is 3. The molecule has 256 valence electrons. The van der Waals surface area contributed by atoms with Crippen LogP contribution in [-0.4, -0.2) is 95.9 Å². The van der Waals surface area contributed by atoms with E-state index in [4.69, 9.17) is 27.2 Å². The van der Waals surface area contributed by atoms with Gasteiger partial charge in [-0.2, -0.15) is 13.2 Å². The van der Waals surface area contributed by atoms with Gasteiger partial charge in [-0.15, -0.1) is 0 Å². The Morgan fingerprint density at radius 2 is 1.64 bits per heavy atom. The highest BCUT2D eigenvalue weighted by Crippen LogP contribution is 2.28. The summed E-state index contributed by atoms with van der Waals surface area (Å²) in [5.41, 5.74) is 12.6. The lowest BCUT2D eigenvalue weighted by molar-refractivity contribution is -0.192. The maximum Gasteiger partial charge on any atom is 0.490 e. The molecule has 2 aliphatic rings. The van der Waals surface area contributed by atoms with Crippen LogP contribution in [0.25, 0.3) is 0 Å². The molecule has 3 aromatic rings. The number of carbonyl (C=O) groups is 2. The van der Waals surface area contributed by atoms with Crippen molar-refractivity contribution in [2.24, 2.45) is 12.8 Å². The van der Waals surface area contributed by atoms with Gasteiger partial charge < -0.3 is 30.1 Å². The lowest BCUT2D eigenvalue weighted by Gasteiger charge is -2.41. The van der Waals surface area contributed by atoms with Crippen molar-refractivity contribution >= 4 is 34.9 Å². The van der Waals surface area contributed by atoms with Crippen LogP contribution in [-0.2, 0) is 24.8 Å². The molecule has 0 aliphatic carbocycles. The number of aromatic nitrogens is 1. The van der Waals surface area contributed by atoms with Gasteiger partial charge in [-0.25, -0.2) is 4.79 Å². The SMILES string of the molecule is Cc1c(CN2CCN(c3ccccc3Cl)CC2)cc(C(=O)N2CCN(c3cccc(CCCN)c3)C[C@@H]2C)n1C.O=C(O)C(F)(F)F. The van der Waals surface area contributed by atoms with Crippen molar-refractivity contribution in [2.45, 2.75) is 45.5 Å². The summed E-state index contributed by atoms with van der Waals surface area (Å²) in [4.78, 5) is 32.0. The first kappa shape index (κ1) is 36.1. The first-order valence-corrected chi connectivity index (χ1v) is 16.2. The third-order valence-electron chi connectivity index (χ3n) is 8.89. The minimum Gasteiger partial charge on any atom is -0.475 e. The van der Waals surface area contributed by atoms with Crippen LogP contribution < -0.4 is 15.5 Å². The zero-order valence-electron chi connectivity index (χ0n) is 27.1. The molecule has 0 saturated carbocycles. The molecule has 1 aromatic heterocycles. The number of nitrogens with two attached hydrogens (primary N) is 1. The fourth-order valence-electron chi connectivity index (χ4n) is 6.08. The Morgan fingerprint density at radius 1 is 0.979 bits per heavy atom. The Hall–Kier alpha value is -3.74. The maximum atomic E-state index is 13.8. The predicted molar refractivity (Wildman–Crippen MR) is 179 cm³/mol. The summed E-state index contributed by atoms with van der Waals surface area (Å²) >= 11 is 6.43. The van der Waals surface area contributed by atoms with Gasteiger partial charge in [0.25, 0.3) is 5.91 Å². The fourth-order valence-corrected chi connectivity index (χ4v) is 6.33. The molecule has 1 amide bonds. The van der Waals surface area contributed by atoms with Gasteiger partial charge in [0.15, 0.2) is 0 Å². The number of nitrogens with zero attached hydrogens (tertiary/aromatic N) is 5. The zero-order valence-corrected chi connectivity index (χ0v) is 27.9. The minimum atomic E-state index is -5.08. The van der Waals surface area contributed by atoms with E-state index in [0.717, 1.165) is 87.3 Å². The third kappa shape index (κ3) is 9.21. The Kier molecular flexibility index (Phi) is 12.2. The number of benzene rings is 2. The largest absolute Gasteiger partial charge is 0.490 e. The van der Waals surface area contributed by atoms with Crippen LogP contribution in [0.2, 0.25) is 5.02 Å². The van der Waals surface area contributed by atoms with Crippen LogP contribution in [0.3, 0.4) is 0 Å². The lowest BCUT2D eigenvalue weighted by Crippen LogP contribution is -2.54. The molecule has 9 nitrogen and oxygen atoms in total. The van der Waals surface area contributed by atoms with Crippen LogP contribution >= 0.6 is 11.6 Å². The number of anilines is 2. The van der Waals surface area contributed by atoms with Crippen molar-refractivity contribution in [3.8, 4) is 0 Å². The summed E-state index contributed by atoms with van der Waals surface area (Å²) < 4.78 is 33.8. The average Bonchev–Trinajstić information content (AvgIpc) is 3.32. The molecule has 3 N–H and O–H groups in total. The standard InChI is InChI=1S/C32H43ClN6O.C2HF3O2/c1-24-22-38(28-10-6-8-26(20-28)9-7-13-34)18-19-39(24)32(40)31-21-27(25(2)35(31)3)23-36-14-16-37(17-15-36)30-12-5-4-11-29(30)33;3-2(4,5)1(6)7/h4-6,8,10-12,20-21,24H,7,9,13-19,22-23,34H2,1-3H3;(H,6,7)/t24-;/m0./s1. The number of aryl methyl sites for hydroxylation is 1. The van der Waals surface area contributed by atoms with Gasteiger partial charge in [-0.05, 0) is 74.7 Å². The van der Waals surface area contributed by atoms with E-state index < -0.39 is 12.1 Å². The molecule has 2 aromatic carbocycles. The summed E-state index contributed by atoms with van der Waals surface area (Å²) in [6.07, 6.45) is -3.08. The third-order valence-corrected chi connectivity index (χ3v) is 9.21. The predicted octanol–water partition coefficient (Wildman–Crippen LogP) is 5.18. The number of carboxylic acids is 1. The van der Waals surface area contributed by atoms with Crippen LogP contribution in [0.1, 0.15) is 40.7 Å². The molecule has 5 rings (SSSR count).